The molecule has 0 saturated carbocycles. The fourth-order valence-corrected chi connectivity index (χ4v) is 2.59. The van der Waals surface area contributed by atoms with Gasteiger partial charge in [-0.2, -0.15) is 0 Å². The Bertz CT molecular complexity index is 592. The Morgan fingerprint density at radius 1 is 1.41 bits per heavy atom. The maximum Gasteiger partial charge on any atom is 0.356 e. The second-order valence-electron chi connectivity index (χ2n) is 3.68. The smallest absolute Gasteiger partial charge is 0.356 e. The second kappa shape index (κ2) is 4.25. The molecule has 0 unspecified atom stereocenters. The van der Waals surface area contributed by atoms with Crippen LogP contribution in [0, 0.1) is 19.7 Å². The van der Waals surface area contributed by atoms with Crippen molar-refractivity contribution in [2.45, 2.75) is 13.8 Å². The lowest BCUT2D eigenvalue weighted by Gasteiger charge is -2.03. The topological polar surface area (TPSA) is 50.2 Å². The van der Waals surface area contributed by atoms with E-state index in [1.807, 2.05) is 6.92 Å². The molecule has 1 aromatic heterocycles. The number of aryl methyl sites for hydroxylation is 2. The van der Waals surface area contributed by atoms with Crippen molar-refractivity contribution >= 4 is 17.3 Å². The van der Waals surface area contributed by atoms with Crippen LogP contribution >= 0.6 is 11.3 Å². The Hall–Kier alpha value is -1.75. The van der Waals surface area contributed by atoms with Gasteiger partial charge in [-0.25, -0.2) is 14.2 Å². The van der Waals surface area contributed by atoms with Gasteiger partial charge in [0.05, 0.1) is 9.88 Å². The van der Waals surface area contributed by atoms with Crippen LogP contribution in [0.15, 0.2) is 18.2 Å². The average molecular weight is 251 g/mol. The number of halogens is 1. The SMILES string of the molecule is Cc1nc(C(=O)O)c(-c2cc(F)ccc2C)s1. The number of hydrogen-bond acceptors (Lipinski definition) is 3. The number of thiazole rings is 1. The minimum Gasteiger partial charge on any atom is -0.476 e. The van der Waals surface area contributed by atoms with Crippen molar-refractivity contribution in [3.8, 4) is 10.4 Å². The molecule has 0 aliphatic heterocycles. The van der Waals surface area contributed by atoms with Crippen LogP contribution < -0.4 is 0 Å². The summed E-state index contributed by atoms with van der Waals surface area (Å²) in [7, 11) is 0. The molecule has 1 aromatic carbocycles. The third-order valence-electron chi connectivity index (χ3n) is 2.38. The van der Waals surface area contributed by atoms with Crippen LogP contribution in [0.1, 0.15) is 21.1 Å². The van der Waals surface area contributed by atoms with Gasteiger partial charge in [0.15, 0.2) is 5.69 Å². The van der Waals surface area contributed by atoms with Gasteiger partial charge in [0.2, 0.25) is 0 Å². The molecule has 0 bridgehead atoms. The molecule has 3 nitrogen and oxygen atoms in total. The number of carboxylic acids is 1. The predicted molar refractivity (Wildman–Crippen MR) is 63.9 cm³/mol. The summed E-state index contributed by atoms with van der Waals surface area (Å²) in [6, 6.07) is 4.33. The van der Waals surface area contributed by atoms with Gasteiger partial charge in [0, 0.05) is 0 Å². The Kier molecular flexibility index (Phi) is 2.93. The molecule has 2 aromatic rings. The fourth-order valence-electron chi connectivity index (χ4n) is 1.59. The molecular formula is C12H10FNO2S. The summed E-state index contributed by atoms with van der Waals surface area (Å²) < 4.78 is 13.2. The molecule has 2 rings (SSSR count). The molecule has 0 aliphatic carbocycles. The number of hydrogen-bond donors (Lipinski definition) is 1. The average Bonchev–Trinajstić information content (AvgIpc) is 2.64. The number of nitrogens with zero attached hydrogens (tertiary/aromatic N) is 1. The van der Waals surface area contributed by atoms with E-state index in [2.05, 4.69) is 4.98 Å². The van der Waals surface area contributed by atoms with E-state index in [-0.39, 0.29) is 11.5 Å². The monoisotopic (exact) mass is 251 g/mol. The summed E-state index contributed by atoms with van der Waals surface area (Å²) in [4.78, 5) is 15.5. The van der Waals surface area contributed by atoms with Gasteiger partial charge in [-0.1, -0.05) is 6.07 Å². The molecular weight excluding hydrogens is 241 g/mol. The zero-order valence-corrected chi connectivity index (χ0v) is 10.1. The van der Waals surface area contributed by atoms with E-state index in [0.29, 0.717) is 15.4 Å². The minimum atomic E-state index is -1.09. The van der Waals surface area contributed by atoms with Crippen molar-refractivity contribution in [1.82, 2.24) is 4.98 Å². The number of benzene rings is 1. The van der Waals surface area contributed by atoms with Crippen molar-refractivity contribution in [2.24, 2.45) is 0 Å². The molecule has 0 aliphatic rings. The first-order valence-electron chi connectivity index (χ1n) is 4.96. The van der Waals surface area contributed by atoms with Crippen LogP contribution in [-0.4, -0.2) is 16.1 Å². The van der Waals surface area contributed by atoms with Gasteiger partial charge in [0.1, 0.15) is 5.82 Å². The van der Waals surface area contributed by atoms with Gasteiger partial charge in [-0.3, -0.25) is 0 Å². The molecule has 88 valence electrons. The number of carboxylic acid groups (broad SMARTS) is 1. The molecule has 0 saturated heterocycles. The van der Waals surface area contributed by atoms with E-state index in [1.165, 1.54) is 23.5 Å². The molecule has 5 heteroatoms. The largest absolute Gasteiger partial charge is 0.476 e. The normalized spacial score (nSPS) is 10.5. The first-order valence-corrected chi connectivity index (χ1v) is 5.78. The van der Waals surface area contributed by atoms with Crippen molar-refractivity contribution in [1.29, 1.82) is 0 Å². The van der Waals surface area contributed by atoms with Crippen LogP contribution in [0.3, 0.4) is 0 Å². The Balaban J connectivity index is 2.67. The predicted octanol–water partition coefficient (Wildman–Crippen LogP) is 3.26. The van der Waals surface area contributed by atoms with Crippen LogP contribution in [0.25, 0.3) is 10.4 Å². The van der Waals surface area contributed by atoms with Crippen molar-refractivity contribution in [3.05, 3.63) is 40.3 Å². The van der Waals surface area contributed by atoms with Crippen LogP contribution in [0.2, 0.25) is 0 Å². The van der Waals surface area contributed by atoms with E-state index < -0.39 is 5.97 Å². The van der Waals surface area contributed by atoms with E-state index in [0.717, 1.165) is 5.56 Å². The number of rotatable bonds is 2. The van der Waals surface area contributed by atoms with Gasteiger partial charge < -0.3 is 5.11 Å². The summed E-state index contributed by atoms with van der Waals surface area (Å²) in [6.07, 6.45) is 0. The van der Waals surface area contributed by atoms with Crippen LogP contribution in [-0.2, 0) is 0 Å². The zero-order chi connectivity index (χ0) is 12.6. The Labute approximate surface area is 102 Å². The first kappa shape index (κ1) is 11.7. The molecule has 1 N–H and O–H groups in total. The van der Waals surface area contributed by atoms with E-state index in [1.54, 1.807) is 13.0 Å². The third-order valence-corrected chi connectivity index (χ3v) is 3.38. The fraction of sp³-hybridized carbons (Fsp3) is 0.167. The molecule has 0 spiro atoms. The maximum atomic E-state index is 13.2. The van der Waals surface area contributed by atoms with Crippen molar-refractivity contribution in [2.75, 3.05) is 0 Å². The molecule has 17 heavy (non-hydrogen) atoms. The molecule has 0 radical (unpaired) electrons. The van der Waals surface area contributed by atoms with Crippen molar-refractivity contribution in [3.63, 3.8) is 0 Å². The highest BCUT2D eigenvalue weighted by Gasteiger charge is 2.18. The highest BCUT2D eigenvalue weighted by molar-refractivity contribution is 7.15. The first-order chi connectivity index (χ1) is 7.99. The molecule has 0 amide bonds. The standard InChI is InChI=1S/C12H10FNO2S/c1-6-3-4-8(13)5-9(6)11-10(12(15)16)14-7(2)17-11/h3-5H,1-2H3,(H,15,16). The molecule has 0 fully saturated rings. The van der Waals surface area contributed by atoms with Gasteiger partial charge in [0.25, 0.3) is 0 Å². The summed E-state index contributed by atoms with van der Waals surface area (Å²) in [5.41, 5.74) is 1.41. The Morgan fingerprint density at radius 2 is 2.12 bits per heavy atom. The summed E-state index contributed by atoms with van der Waals surface area (Å²) >= 11 is 1.26. The highest BCUT2D eigenvalue weighted by Crippen LogP contribution is 2.32. The van der Waals surface area contributed by atoms with E-state index >= 15 is 0 Å². The Morgan fingerprint density at radius 3 is 2.76 bits per heavy atom. The summed E-state index contributed by atoms with van der Waals surface area (Å²) in [6.45, 7) is 3.55. The van der Waals surface area contributed by atoms with Gasteiger partial charge in [-0.15, -0.1) is 11.3 Å². The van der Waals surface area contributed by atoms with Crippen molar-refractivity contribution < 1.29 is 14.3 Å². The number of aromatic carboxylic acids is 1. The van der Waals surface area contributed by atoms with Crippen LogP contribution in [0.5, 0.6) is 0 Å². The van der Waals surface area contributed by atoms with E-state index in [4.69, 9.17) is 5.11 Å². The lowest BCUT2D eigenvalue weighted by molar-refractivity contribution is 0.0692. The quantitative estimate of drug-likeness (QED) is 0.891. The van der Waals surface area contributed by atoms with Crippen LogP contribution in [0.4, 0.5) is 4.39 Å². The maximum absolute atomic E-state index is 13.2. The zero-order valence-electron chi connectivity index (χ0n) is 9.32. The number of carbonyl (C=O) groups is 1. The lowest BCUT2D eigenvalue weighted by Crippen LogP contribution is -1.99. The van der Waals surface area contributed by atoms with E-state index in [9.17, 15) is 9.18 Å². The minimum absolute atomic E-state index is 0.0128. The van der Waals surface area contributed by atoms with Gasteiger partial charge in [-0.05, 0) is 37.1 Å². The summed E-state index contributed by atoms with van der Waals surface area (Å²) in [5.74, 6) is -1.47. The van der Waals surface area contributed by atoms with Gasteiger partial charge >= 0.3 is 5.97 Å². The lowest BCUT2D eigenvalue weighted by atomic mass is 10.1. The molecule has 0 atom stereocenters. The third kappa shape index (κ3) is 2.19. The molecule has 1 heterocycles. The highest BCUT2D eigenvalue weighted by atomic mass is 32.1. The number of aromatic nitrogens is 1. The second-order valence-corrected chi connectivity index (χ2v) is 4.88. The summed E-state index contributed by atoms with van der Waals surface area (Å²) in [5, 5.41) is 9.70.